The van der Waals surface area contributed by atoms with Crippen molar-refractivity contribution >= 4 is 5.97 Å². The van der Waals surface area contributed by atoms with Crippen molar-refractivity contribution in [2.45, 2.75) is 70.5 Å². The van der Waals surface area contributed by atoms with Crippen molar-refractivity contribution in [1.82, 2.24) is 0 Å². The maximum absolute atomic E-state index is 10.4. The molecule has 0 saturated carbocycles. The lowest BCUT2D eigenvalue weighted by atomic mass is 10.1. The maximum Gasteiger partial charge on any atom is 0.303 e. The second kappa shape index (κ2) is 12.9. The molecular formula is C20H30O3. The van der Waals surface area contributed by atoms with Crippen LogP contribution in [0.5, 0.6) is 0 Å². The van der Waals surface area contributed by atoms with Crippen LogP contribution in [0.4, 0.5) is 0 Å². The van der Waals surface area contributed by atoms with Gasteiger partial charge in [-0.15, -0.1) is 0 Å². The van der Waals surface area contributed by atoms with E-state index in [1.165, 1.54) is 25.7 Å². The molecule has 0 unspecified atom stereocenters. The highest BCUT2D eigenvalue weighted by molar-refractivity contribution is 5.66. The first-order valence-electron chi connectivity index (χ1n) is 8.76. The third kappa shape index (κ3) is 11.6. The van der Waals surface area contributed by atoms with Crippen molar-refractivity contribution in [2.75, 3.05) is 0 Å². The number of carboxylic acid groups (broad SMARTS) is 1. The van der Waals surface area contributed by atoms with Gasteiger partial charge in [0, 0.05) is 6.42 Å². The van der Waals surface area contributed by atoms with Gasteiger partial charge in [0.25, 0.3) is 0 Å². The summed E-state index contributed by atoms with van der Waals surface area (Å²) in [6, 6.07) is 0. The van der Waals surface area contributed by atoms with E-state index in [1.54, 1.807) is 0 Å². The zero-order chi connectivity index (χ0) is 16.8. The predicted octanol–water partition coefficient (Wildman–Crippen LogP) is 5.20. The number of carbonyl (C=O) groups is 1. The van der Waals surface area contributed by atoms with Crippen LogP contribution in [-0.4, -0.2) is 23.3 Å². The first kappa shape index (κ1) is 19.4. The van der Waals surface area contributed by atoms with E-state index in [2.05, 4.69) is 31.2 Å². The standard InChI is InChI=1S/C20H30O3/c1-2-3-4-5-6-7-8-9-10-11-12-13-15-18-19(23-18)16-14-17-20(21)22/h6-7,9-13,15,18-19H,2-5,8,14,16-17H2,1H3,(H,21,22)/b7-6-,10-9-,12-11-,15-13+/t18-,19-/m0/s1. The van der Waals surface area contributed by atoms with Crippen LogP contribution in [0.3, 0.4) is 0 Å². The minimum Gasteiger partial charge on any atom is -0.481 e. The van der Waals surface area contributed by atoms with E-state index in [1.807, 2.05) is 24.3 Å². The Morgan fingerprint density at radius 2 is 1.87 bits per heavy atom. The van der Waals surface area contributed by atoms with Gasteiger partial charge in [0.05, 0.1) is 6.10 Å². The Kier molecular flexibility index (Phi) is 10.9. The Morgan fingerprint density at radius 3 is 2.65 bits per heavy atom. The van der Waals surface area contributed by atoms with Crippen LogP contribution < -0.4 is 0 Å². The summed E-state index contributed by atoms with van der Waals surface area (Å²) in [5, 5.41) is 8.56. The number of unbranched alkanes of at least 4 members (excludes halogenated alkanes) is 3. The maximum atomic E-state index is 10.4. The minimum absolute atomic E-state index is 0.170. The Labute approximate surface area is 140 Å². The van der Waals surface area contributed by atoms with Crippen molar-refractivity contribution in [3.63, 3.8) is 0 Å². The third-order valence-electron chi connectivity index (χ3n) is 3.68. The molecule has 3 heteroatoms. The highest BCUT2D eigenvalue weighted by Crippen LogP contribution is 2.28. The second-order valence-electron chi connectivity index (χ2n) is 5.83. The zero-order valence-corrected chi connectivity index (χ0v) is 14.2. The Morgan fingerprint density at radius 1 is 1.04 bits per heavy atom. The number of allylic oxidation sites excluding steroid dienone is 7. The number of hydrogen-bond acceptors (Lipinski definition) is 2. The molecule has 23 heavy (non-hydrogen) atoms. The van der Waals surface area contributed by atoms with Crippen LogP contribution in [0.2, 0.25) is 0 Å². The summed E-state index contributed by atoms with van der Waals surface area (Å²) in [5.74, 6) is -0.733. The monoisotopic (exact) mass is 318 g/mol. The molecule has 1 rings (SSSR count). The van der Waals surface area contributed by atoms with E-state index in [-0.39, 0.29) is 18.6 Å². The molecule has 0 aromatic rings. The number of aliphatic carboxylic acids is 1. The molecule has 0 spiro atoms. The van der Waals surface area contributed by atoms with Crippen LogP contribution in [0, 0.1) is 0 Å². The largest absolute Gasteiger partial charge is 0.481 e. The predicted molar refractivity (Wildman–Crippen MR) is 95.5 cm³/mol. The Balaban J connectivity index is 1.99. The molecule has 0 aliphatic carbocycles. The van der Waals surface area contributed by atoms with Gasteiger partial charge >= 0.3 is 5.97 Å². The van der Waals surface area contributed by atoms with E-state index in [0.717, 1.165) is 12.8 Å². The van der Waals surface area contributed by atoms with Crippen LogP contribution >= 0.6 is 0 Å². The van der Waals surface area contributed by atoms with Crippen LogP contribution in [0.25, 0.3) is 0 Å². The van der Waals surface area contributed by atoms with Gasteiger partial charge in [-0.3, -0.25) is 4.79 Å². The summed E-state index contributed by atoms with van der Waals surface area (Å²) in [6.07, 6.45) is 24.9. The summed E-state index contributed by atoms with van der Waals surface area (Å²) < 4.78 is 5.46. The fourth-order valence-corrected chi connectivity index (χ4v) is 2.28. The topological polar surface area (TPSA) is 49.8 Å². The number of ether oxygens (including phenoxy) is 1. The average Bonchev–Trinajstić information content (AvgIpc) is 3.26. The summed E-state index contributed by atoms with van der Waals surface area (Å²) in [6.45, 7) is 2.22. The van der Waals surface area contributed by atoms with Crippen LogP contribution in [-0.2, 0) is 9.53 Å². The molecule has 1 heterocycles. The fraction of sp³-hybridized carbons (Fsp3) is 0.550. The Hall–Kier alpha value is -1.61. The molecule has 2 atom stereocenters. The number of rotatable bonds is 13. The van der Waals surface area contributed by atoms with E-state index in [4.69, 9.17) is 9.84 Å². The normalized spacial score (nSPS) is 21.3. The molecule has 128 valence electrons. The van der Waals surface area contributed by atoms with Gasteiger partial charge in [0.15, 0.2) is 0 Å². The van der Waals surface area contributed by atoms with Crippen LogP contribution in [0.15, 0.2) is 48.6 Å². The van der Waals surface area contributed by atoms with Gasteiger partial charge in [-0.1, -0.05) is 68.4 Å². The average molecular weight is 318 g/mol. The van der Waals surface area contributed by atoms with Gasteiger partial charge in [0.2, 0.25) is 0 Å². The van der Waals surface area contributed by atoms with E-state index < -0.39 is 5.97 Å². The third-order valence-corrected chi connectivity index (χ3v) is 3.68. The van der Waals surface area contributed by atoms with Gasteiger partial charge < -0.3 is 9.84 Å². The van der Waals surface area contributed by atoms with Crippen molar-refractivity contribution in [3.05, 3.63) is 48.6 Å². The number of epoxide rings is 1. The molecule has 0 aromatic heterocycles. The summed E-state index contributed by atoms with van der Waals surface area (Å²) in [5.41, 5.74) is 0. The van der Waals surface area contributed by atoms with Crippen molar-refractivity contribution in [1.29, 1.82) is 0 Å². The first-order valence-corrected chi connectivity index (χ1v) is 8.76. The molecule has 0 amide bonds. The SMILES string of the molecule is CCCCC/C=C\C\C=C/C=C\C=C\[C@@H]1O[C@H]1CCCC(=O)O. The van der Waals surface area contributed by atoms with Crippen molar-refractivity contribution in [3.8, 4) is 0 Å². The lowest BCUT2D eigenvalue weighted by Gasteiger charge is -1.91. The second-order valence-corrected chi connectivity index (χ2v) is 5.83. The highest BCUT2D eigenvalue weighted by atomic mass is 16.6. The molecular weight excluding hydrogens is 288 g/mol. The highest BCUT2D eigenvalue weighted by Gasteiger charge is 2.35. The molecule has 1 saturated heterocycles. The van der Waals surface area contributed by atoms with E-state index in [0.29, 0.717) is 6.42 Å². The molecule has 1 N–H and O–H groups in total. The van der Waals surface area contributed by atoms with Gasteiger partial charge in [-0.05, 0) is 32.1 Å². The molecule has 3 nitrogen and oxygen atoms in total. The molecule has 0 aromatic carbocycles. The Bertz CT molecular complexity index is 432. The molecule has 0 bridgehead atoms. The zero-order valence-electron chi connectivity index (χ0n) is 14.2. The lowest BCUT2D eigenvalue weighted by molar-refractivity contribution is -0.137. The van der Waals surface area contributed by atoms with Gasteiger partial charge in [-0.2, -0.15) is 0 Å². The van der Waals surface area contributed by atoms with Crippen molar-refractivity contribution < 1.29 is 14.6 Å². The van der Waals surface area contributed by atoms with E-state index >= 15 is 0 Å². The molecule has 0 radical (unpaired) electrons. The first-order chi connectivity index (χ1) is 11.2. The van der Waals surface area contributed by atoms with Crippen LogP contribution in [0.1, 0.15) is 58.3 Å². The van der Waals surface area contributed by atoms with E-state index in [9.17, 15) is 4.79 Å². The summed E-state index contributed by atoms with van der Waals surface area (Å²) in [4.78, 5) is 10.4. The molecule has 1 aliphatic rings. The summed E-state index contributed by atoms with van der Waals surface area (Å²) >= 11 is 0. The van der Waals surface area contributed by atoms with Crippen molar-refractivity contribution in [2.24, 2.45) is 0 Å². The summed E-state index contributed by atoms with van der Waals surface area (Å²) in [7, 11) is 0. The number of hydrogen-bond donors (Lipinski definition) is 1. The van der Waals surface area contributed by atoms with Gasteiger partial charge in [0.1, 0.15) is 6.10 Å². The minimum atomic E-state index is -0.733. The quantitative estimate of drug-likeness (QED) is 0.220. The smallest absolute Gasteiger partial charge is 0.303 e. The molecule has 1 aliphatic heterocycles. The van der Waals surface area contributed by atoms with Gasteiger partial charge in [-0.25, -0.2) is 0 Å². The fourth-order valence-electron chi connectivity index (χ4n) is 2.28. The lowest BCUT2D eigenvalue weighted by Crippen LogP contribution is -1.97. The molecule has 1 fully saturated rings. The number of carboxylic acids is 1.